The van der Waals surface area contributed by atoms with E-state index in [1.54, 1.807) is 12.1 Å². The highest BCUT2D eigenvalue weighted by Gasteiger charge is 2.61. The Morgan fingerprint density at radius 1 is 0.870 bits per heavy atom. The van der Waals surface area contributed by atoms with Gasteiger partial charge in [0.05, 0.1) is 16.5 Å². The first kappa shape index (κ1) is 33.0. The molecule has 2 heterocycles. The number of rotatable bonds is 7. The third-order valence-corrected chi connectivity index (χ3v) is 14.6. The summed E-state index contributed by atoms with van der Waals surface area (Å²) in [6, 6.07) is 14.1. The average Bonchev–Trinajstić information content (AvgIpc) is 3.50. The highest BCUT2D eigenvalue weighted by Crippen LogP contribution is 2.67. The van der Waals surface area contributed by atoms with Crippen molar-refractivity contribution in [3.8, 4) is 17.1 Å². The van der Waals surface area contributed by atoms with Crippen LogP contribution in [0.4, 0.5) is 0 Å². The number of nitrogens with zero attached hydrogens (tertiary/aromatic N) is 3. The van der Waals surface area contributed by atoms with Crippen molar-refractivity contribution in [2.24, 2.45) is 52.3 Å². The van der Waals surface area contributed by atoms with Gasteiger partial charge in [-0.05, 0) is 126 Å². The van der Waals surface area contributed by atoms with Crippen molar-refractivity contribution in [1.82, 2.24) is 9.67 Å². The van der Waals surface area contributed by atoms with Gasteiger partial charge in [0, 0.05) is 10.6 Å². The van der Waals surface area contributed by atoms with E-state index < -0.39 is 0 Å². The van der Waals surface area contributed by atoms with E-state index in [0.717, 1.165) is 77.8 Å². The molecule has 7 rings (SSSR count). The molecule has 3 fully saturated rings. The van der Waals surface area contributed by atoms with Crippen LogP contribution in [-0.4, -0.2) is 9.67 Å². The lowest BCUT2D eigenvalue weighted by atomic mass is 9.46. The van der Waals surface area contributed by atoms with Crippen LogP contribution in [0.1, 0.15) is 105 Å². The first-order valence-electron chi connectivity index (χ1n) is 18.2. The zero-order valence-corrected chi connectivity index (χ0v) is 30.8. The average molecular weight is 682 g/mol. The maximum atomic E-state index is 6.92. The monoisotopic (exact) mass is 680 g/mol. The Morgan fingerprint density at radius 2 is 1.59 bits per heavy atom. The minimum absolute atomic E-state index is 0.310. The van der Waals surface area contributed by atoms with Crippen LogP contribution in [0.3, 0.4) is 0 Å². The fourth-order valence-electron chi connectivity index (χ4n) is 11.4. The van der Waals surface area contributed by atoms with E-state index in [0.29, 0.717) is 31.8 Å². The summed E-state index contributed by atoms with van der Waals surface area (Å²) in [4.78, 5) is 5.39. The van der Waals surface area contributed by atoms with E-state index >= 15 is 0 Å². The molecule has 8 atom stereocenters. The fourth-order valence-corrected chi connectivity index (χ4v) is 12.4. The molecule has 46 heavy (non-hydrogen) atoms. The highest BCUT2D eigenvalue weighted by molar-refractivity contribution is 6.40. The zero-order valence-electron chi connectivity index (χ0n) is 28.5. The highest BCUT2D eigenvalue weighted by atomic mass is 35.5. The van der Waals surface area contributed by atoms with Crippen molar-refractivity contribution < 1.29 is 4.68 Å². The smallest absolute Gasteiger partial charge is 0.148 e. The van der Waals surface area contributed by atoms with Crippen molar-refractivity contribution >= 4 is 34.8 Å². The largest absolute Gasteiger partial charge is 0.320 e. The lowest BCUT2D eigenvalue weighted by molar-refractivity contribution is -0.773. The third-order valence-electron chi connectivity index (χ3n) is 13.8. The minimum Gasteiger partial charge on any atom is -0.148 e. The van der Waals surface area contributed by atoms with Gasteiger partial charge in [-0.25, -0.2) is 0 Å². The summed E-state index contributed by atoms with van der Waals surface area (Å²) in [7, 11) is 0. The van der Waals surface area contributed by atoms with Crippen molar-refractivity contribution in [2.75, 3.05) is 0 Å². The van der Waals surface area contributed by atoms with Gasteiger partial charge in [0.1, 0.15) is 12.2 Å². The summed E-state index contributed by atoms with van der Waals surface area (Å²) in [5.41, 5.74) is 2.67. The van der Waals surface area contributed by atoms with Crippen LogP contribution in [0.25, 0.3) is 17.1 Å². The molecule has 0 saturated heterocycles. The second-order valence-corrected chi connectivity index (χ2v) is 17.8. The van der Waals surface area contributed by atoms with Gasteiger partial charge in [0.25, 0.3) is 5.82 Å². The quantitative estimate of drug-likeness (QED) is 0.227. The van der Waals surface area contributed by atoms with Gasteiger partial charge < -0.3 is 0 Å². The molecule has 1 aromatic heterocycles. The summed E-state index contributed by atoms with van der Waals surface area (Å²) >= 11 is 20.2. The molecule has 3 aliphatic carbocycles. The SMILES string of the molecule is CC(C)CCC[C@@H](C)[C@H]1CC[C@H]2[C@@H]3CC[C@H]4Cc5nc(-c6ccccc6)n(-c6c(Cl)cc(Cl)cc6Cl)[n+]5CC[C@]4(C)[C@H]3CC[C@]12C. The molecule has 6 heteroatoms. The van der Waals surface area contributed by atoms with E-state index in [1.807, 2.05) is 0 Å². The molecule has 3 nitrogen and oxygen atoms in total. The Morgan fingerprint density at radius 3 is 2.30 bits per heavy atom. The summed E-state index contributed by atoms with van der Waals surface area (Å²) in [6.45, 7) is 13.6. The number of benzene rings is 2. The predicted octanol–water partition coefficient (Wildman–Crippen LogP) is 11.7. The number of hydrogen-bond acceptors (Lipinski definition) is 1. The first-order chi connectivity index (χ1) is 22.0. The molecule has 2 aromatic carbocycles. The van der Waals surface area contributed by atoms with Crippen LogP contribution in [-0.2, 0) is 13.0 Å². The lowest BCUT2D eigenvalue weighted by Gasteiger charge is -2.59. The minimum atomic E-state index is 0.310. The van der Waals surface area contributed by atoms with Gasteiger partial charge in [0.2, 0.25) is 0 Å². The van der Waals surface area contributed by atoms with Gasteiger partial charge in [-0.3, -0.25) is 0 Å². The lowest BCUT2D eigenvalue weighted by Crippen LogP contribution is -2.52. The molecule has 4 aliphatic rings. The van der Waals surface area contributed by atoms with Crippen LogP contribution in [0.15, 0.2) is 42.5 Å². The summed E-state index contributed by atoms with van der Waals surface area (Å²) in [6.07, 6.45) is 14.8. The number of fused-ring (bicyclic) bond motifs is 6. The zero-order chi connectivity index (χ0) is 32.4. The van der Waals surface area contributed by atoms with Gasteiger partial charge in [-0.1, -0.05) is 107 Å². The molecule has 1 aliphatic heterocycles. The van der Waals surface area contributed by atoms with E-state index in [2.05, 4.69) is 74.3 Å². The summed E-state index contributed by atoms with van der Waals surface area (Å²) < 4.78 is 4.60. The second-order valence-electron chi connectivity index (χ2n) is 16.5. The van der Waals surface area contributed by atoms with E-state index in [4.69, 9.17) is 39.8 Å². The van der Waals surface area contributed by atoms with E-state index in [1.165, 1.54) is 57.8 Å². The predicted molar refractivity (Wildman–Crippen MR) is 192 cm³/mol. The van der Waals surface area contributed by atoms with E-state index in [9.17, 15) is 0 Å². The maximum Gasteiger partial charge on any atom is 0.320 e. The second kappa shape index (κ2) is 12.7. The third kappa shape index (κ3) is 5.57. The Hall–Kier alpha value is -1.55. The first-order valence-corrected chi connectivity index (χ1v) is 19.4. The number of hydrogen-bond donors (Lipinski definition) is 0. The normalized spacial score (nSPS) is 32.8. The number of halogens is 3. The Kier molecular flexibility index (Phi) is 9.12. The Bertz CT molecular complexity index is 1540. The molecule has 0 bridgehead atoms. The Balaban J connectivity index is 1.19. The molecule has 0 unspecified atom stereocenters. The molecule has 0 spiro atoms. The molecular formula is C40H53Cl3N3+. The fraction of sp³-hybridized carbons (Fsp3) is 0.650. The van der Waals surface area contributed by atoms with Crippen LogP contribution in [0.5, 0.6) is 0 Å². The van der Waals surface area contributed by atoms with Crippen LogP contribution in [0, 0.1) is 52.3 Å². The van der Waals surface area contributed by atoms with Gasteiger partial charge in [-0.15, -0.1) is 9.36 Å². The van der Waals surface area contributed by atoms with Crippen LogP contribution < -0.4 is 4.68 Å². The number of aromatic nitrogens is 3. The maximum absolute atomic E-state index is 6.92. The van der Waals surface area contributed by atoms with Crippen LogP contribution >= 0.6 is 34.8 Å². The van der Waals surface area contributed by atoms with Gasteiger partial charge in [0.15, 0.2) is 0 Å². The van der Waals surface area contributed by atoms with Crippen LogP contribution in [0.2, 0.25) is 15.1 Å². The molecule has 248 valence electrons. The molecule has 3 saturated carbocycles. The topological polar surface area (TPSA) is 21.7 Å². The van der Waals surface area contributed by atoms with Crippen molar-refractivity contribution in [2.45, 2.75) is 112 Å². The van der Waals surface area contributed by atoms with Crippen molar-refractivity contribution in [3.05, 3.63) is 63.4 Å². The van der Waals surface area contributed by atoms with Gasteiger partial charge in [-0.2, -0.15) is 0 Å². The van der Waals surface area contributed by atoms with Crippen molar-refractivity contribution in [3.63, 3.8) is 0 Å². The van der Waals surface area contributed by atoms with Gasteiger partial charge >= 0.3 is 5.82 Å². The molecule has 3 aromatic rings. The molecule has 0 amide bonds. The van der Waals surface area contributed by atoms with Crippen molar-refractivity contribution in [1.29, 1.82) is 0 Å². The molecular weight excluding hydrogens is 629 g/mol. The Labute approximate surface area is 292 Å². The van der Waals surface area contributed by atoms with E-state index in [-0.39, 0.29) is 0 Å². The molecule has 0 N–H and O–H groups in total. The summed E-state index contributed by atoms with van der Waals surface area (Å²) in [5.74, 6) is 7.83. The molecule has 0 radical (unpaired) electrons. The summed E-state index contributed by atoms with van der Waals surface area (Å²) in [5, 5.41) is 1.65. The standard InChI is InChI=1S/C40H53Cl3N3/c1-25(2)10-9-11-26(3)31-16-17-32-30-15-14-28-22-36-44-38(27-12-7-6-8-13-27)46(37-34(42)23-29(41)24-35(37)43)45(36)21-20-39(28,4)33(30)18-19-40(31,32)5/h6-8,12-13,23-26,28,30-33H,9-11,14-22H2,1-5H3/q+1/t26-,28+,30+,31-,32+,33+,39+,40-/m1/s1.